The highest BCUT2D eigenvalue weighted by Gasteiger charge is 2.27. The second kappa shape index (κ2) is 11.1. The number of aryl methyl sites for hydroxylation is 1. The summed E-state index contributed by atoms with van der Waals surface area (Å²) in [5, 5.41) is 14.1. The first-order valence-corrected chi connectivity index (χ1v) is 13.2. The first-order chi connectivity index (χ1) is 16.4. The molecule has 4 rings (SSSR count). The Kier molecular flexibility index (Phi) is 7.91. The second-order valence-corrected chi connectivity index (χ2v) is 10.6. The lowest BCUT2D eigenvalue weighted by Crippen LogP contribution is -2.17. The molecule has 1 aromatic carbocycles. The van der Waals surface area contributed by atoms with E-state index >= 15 is 0 Å². The summed E-state index contributed by atoms with van der Waals surface area (Å²) in [7, 11) is 0. The average Bonchev–Trinajstić information content (AvgIpc) is 3.41. The van der Waals surface area contributed by atoms with Gasteiger partial charge in [-0.3, -0.25) is 14.9 Å². The van der Waals surface area contributed by atoms with Gasteiger partial charge in [-0.25, -0.2) is 9.18 Å². The van der Waals surface area contributed by atoms with Crippen molar-refractivity contribution in [3.8, 4) is 0 Å². The van der Waals surface area contributed by atoms with Gasteiger partial charge in [-0.1, -0.05) is 29.2 Å². The molecule has 2 heterocycles. The van der Waals surface area contributed by atoms with E-state index in [-0.39, 0.29) is 29.0 Å². The number of nitrogens with one attached hydrogen (secondary N) is 2. The first-order valence-electron chi connectivity index (χ1n) is 10.6. The van der Waals surface area contributed by atoms with E-state index in [0.717, 1.165) is 65.3 Å². The van der Waals surface area contributed by atoms with Gasteiger partial charge in [-0.2, -0.15) is 0 Å². The summed E-state index contributed by atoms with van der Waals surface area (Å²) in [6.45, 7) is 2.02. The summed E-state index contributed by atoms with van der Waals surface area (Å²) in [5.41, 5.74) is 1.62. The van der Waals surface area contributed by atoms with Crippen LogP contribution < -0.4 is 10.6 Å². The molecule has 1 aliphatic carbocycles. The number of nitrogens with zero attached hydrogens (tertiary/aromatic N) is 2. The van der Waals surface area contributed by atoms with Gasteiger partial charge < -0.3 is 10.1 Å². The number of thioether (sulfide) groups is 1. The van der Waals surface area contributed by atoms with Crippen LogP contribution in [0.1, 0.15) is 50.9 Å². The van der Waals surface area contributed by atoms with Crippen molar-refractivity contribution < 1.29 is 23.5 Å². The van der Waals surface area contributed by atoms with Gasteiger partial charge in [-0.05, 0) is 56.4 Å². The van der Waals surface area contributed by atoms with Gasteiger partial charge in [0.15, 0.2) is 4.34 Å². The monoisotopic (exact) mass is 520 g/mol. The largest absolute Gasteiger partial charge is 0.462 e. The third kappa shape index (κ3) is 5.80. The Morgan fingerprint density at radius 3 is 2.76 bits per heavy atom. The zero-order chi connectivity index (χ0) is 24.1. The standard InChI is InChI=1S/C22H21FN4O4S3/c1-2-31-20(30)17-14-8-3-4-9-15(14)33-19(17)24-16(28)11-32-22-27-26-21(34-22)25-18(29)12-6-5-7-13(23)10-12/h5-7,10H,2-4,8-9,11H2,1H3,(H,24,28)(H,25,26,29). The second-order valence-electron chi connectivity index (χ2n) is 7.31. The van der Waals surface area contributed by atoms with E-state index < -0.39 is 17.7 Å². The highest BCUT2D eigenvalue weighted by molar-refractivity contribution is 8.01. The molecular formula is C22H21FN4O4S3. The van der Waals surface area contributed by atoms with Crippen molar-refractivity contribution in [1.29, 1.82) is 0 Å². The number of carbonyl (C=O) groups excluding carboxylic acids is 3. The van der Waals surface area contributed by atoms with Crippen LogP contribution in [0.4, 0.5) is 14.5 Å². The number of benzene rings is 1. The minimum Gasteiger partial charge on any atom is -0.462 e. The number of carbonyl (C=O) groups is 3. The highest BCUT2D eigenvalue weighted by atomic mass is 32.2. The molecule has 3 aromatic rings. The Labute approximate surface area is 207 Å². The minimum atomic E-state index is -0.509. The number of aromatic nitrogens is 2. The van der Waals surface area contributed by atoms with E-state index in [4.69, 9.17) is 4.74 Å². The van der Waals surface area contributed by atoms with Crippen LogP contribution in [0.5, 0.6) is 0 Å². The van der Waals surface area contributed by atoms with Crippen LogP contribution in [-0.4, -0.2) is 40.3 Å². The quantitative estimate of drug-likeness (QED) is 0.250. The number of fused-ring (bicyclic) bond motifs is 1. The maximum Gasteiger partial charge on any atom is 0.341 e. The molecule has 8 nitrogen and oxygen atoms in total. The molecule has 0 spiro atoms. The van der Waals surface area contributed by atoms with Crippen molar-refractivity contribution in [1.82, 2.24) is 10.2 Å². The van der Waals surface area contributed by atoms with Crippen molar-refractivity contribution >= 4 is 62.4 Å². The molecule has 2 aromatic heterocycles. The van der Waals surface area contributed by atoms with E-state index in [1.807, 2.05) is 0 Å². The fraction of sp³-hybridized carbons (Fsp3) is 0.318. The Morgan fingerprint density at radius 2 is 1.97 bits per heavy atom. The minimum absolute atomic E-state index is 0.0529. The van der Waals surface area contributed by atoms with Crippen molar-refractivity contribution in [2.45, 2.75) is 36.9 Å². The fourth-order valence-electron chi connectivity index (χ4n) is 3.48. The van der Waals surface area contributed by atoms with Crippen LogP contribution in [0.25, 0.3) is 0 Å². The number of rotatable bonds is 8. The summed E-state index contributed by atoms with van der Waals surface area (Å²) in [6, 6.07) is 5.32. The SMILES string of the molecule is CCOC(=O)c1c(NC(=O)CSc2nnc(NC(=O)c3cccc(F)c3)s2)sc2c1CCCC2. The predicted molar refractivity (Wildman–Crippen MR) is 131 cm³/mol. The zero-order valence-electron chi connectivity index (χ0n) is 18.2. The number of hydrogen-bond acceptors (Lipinski definition) is 9. The summed E-state index contributed by atoms with van der Waals surface area (Å²) in [6.07, 6.45) is 3.77. The van der Waals surface area contributed by atoms with Crippen molar-refractivity contribution in [3.63, 3.8) is 0 Å². The molecule has 0 radical (unpaired) electrons. The van der Waals surface area contributed by atoms with Gasteiger partial charge in [-0.15, -0.1) is 21.5 Å². The van der Waals surface area contributed by atoms with Crippen molar-refractivity contribution in [2.24, 2.45) is 0 Å². The lowest BCUT2D eigenvalue weighted by Gasteiger charge is -2.12. The van der Waals surface area contributed by atoms with Gasteiger partial charge >= 0.3 is 5.97 Å². The highest BCUT2D eigenvalue weighted by Crippen LogP contribution is 2.38. The van der Waals surface area contributed by atoms with E-state index in [1.165, 1.54) is 29.5 Å². The molecule has 0 bridgehead atoms. The molecule has 0 atom stereocenters. The van der Waals surface area contributed by atoms with Crippen molar-refractivity contribution in [2.75, 3.05) is 23.0 Å². The predicted octanol–water partition coefficient (Wildman–Crippen LogP) is 4.78. The number of hydrogen-bond donors (Lipinski definition) is 2. The lowest BCUT2D eigenvalue weighted by atomic mass is 9.95. The van der Waals surface area contributed by atoms with Gasteiger partial charge in [0.25, 0.3) is 5.91 Å². The number of amides is 2. The van der Waals surface area contributed by atoms with Crippen LogP contribution in [0.15, 0.2) is 28.6 Å². The number of esters is 1. The number of ether oxygens (including phenoxy) is 1. The molecule has 2 N–H and O–H groups in total. The molecule has 0 aliphatic heterocycles. The molecule has 2 amide bonds. The normalized spacial score (nSPS) is 12.6. The van der Waals surface area contributed by atoms with Crippen LogP contribution in [-0.2, 0) is 22.4 Å². The molecule has 0 unspecified atom stereocenters. The Balaban J connectivity index is 1.36. The fourth-order valence-corrected chi connectivity index (χ4v) is 6.32. The zero-order valence-corrected chi connectivity index (χ0v) is 20.6. The number of thiophene rings is 1. The van der Waals surface area contributed by atoms with Gasteiger partial charge in [0, 0.05) is 10.4 Å². The van der Waals surface area contributed by atoms with Crippen LogP contribution >= 0.6 is 34.4 Å². The third-order valence-corrected chi connectivity index (χ3v) is 8.12. The maximum atomic E-state index is 13.3. The van der Waals surface area contributed by atoms with E-state index in [0.29, 0.717) is 14.9 Å². The van der Waals surface area contributed by atoms with Gasteiger partial charge in [0.1, 0.15) is 10.8 Å². The maximum absolute atomic E-state index is 13.3. The first kappa shape index (κ1) is 24.3. The Morgan fingerprint density at radius 1 is 1.15 bits per heavy atom. The van der Waals surface area contributed by atoms with Crippen LogP contribution in [0.3, 0.4) is 0 Å². The topological polar surface area (TPSA) is 110 Å². The smallest absolute Gasteiger partial charge is 0.341 e. The molecule has 0 saturated carbocycles. The molecule has 178 valence electrons. The molecule has 34 heavy (non-hydrogen) atoms. The lowest BCUT2D eigenvalue weighted by molar-refractivity contribution is -0.113. The molecule has 0 saturated heterocycles. The Hall–Kier alpha value is -2.83. The average molecular weight is 521 g/mol. The molecule has 0 fully saturated rings. The van der Waals surface area contributed by atoms with E-state index in [1.54, 1.807) is 6.92 Å². The summed E-state index contributed by atoms with van der Waals surface area (Å²) in [5.74, 6) is -1.65. The van der Waals surface area contributed by atoms with Gasteiger partial charge in [0.05, 0.1) is 17.9 Å². The summed E-state index contributed by atoms with van der Waals surface area (Å²) < 4.78 is 19.0. The molecule has 1 aliphatic rings. The van der Waals surface area contributed by atoms with Gasteiger partial charge in [0.2, 0.25) is 11.0 Å². The van der Waals surface area contributed by atoms with Crippen LogP contribution in [0.2, 0.25) is 0 Å². The van der Waals surface area contributed by atoms with E-state index in [2.05, 4.69) is 20.8 Å². The number of anilines is 2. The van der Waals surface area contributed by atoms with Crippen molar-refractivity contribution in [3.05, 3.63) is 51.7 Å². The summed E-state index contributed by atoms with van der Waals surface area (Å²) >= 11 is 3.71. The number of halogens is 1. The summed E-state index contributed by atoms with van der Waals surface area (Å²) in [4.78, 5) is 38.5. The van der Waals surface area contributed by atoms with Crippen LogP contribution in [0, 0.1) is 5.82 Å². The van der Waals surface area contributed by atoms with E-state index in [9.17, 15) is 18.8 Å². The molecular weight excluding hydrogens is 499 g/mol. The molecule has 12 heteroatoms. The Bertz CT molecular complexity index is 1230. The third-order valence-electron chi connectivity index (χ3n) is 4.94.